The normalized spacial score (nSPS) is 29.5. The van der Waals surface area contributed by atoms with Gasteiger partial charge in [0.2, 0.25) is 0 Å². The molecule has 2 rings (SSSR count). The monoisotopic (exact) mass is 315 g/mol. The smallest absolute Gasteiger partial charge is 0.0701 e. The molecule has 1 heterocycles. The third-order valence-corrected chi connectivity index (χ3v) is 5.98. The molecule has 0 saturated heterocycles. The number of nitrogens with two attached hydrogens (primary N) is 1. The molecular weight excluding hydrogens is 294 g/mol. The minimum atomic E-state index is 0.385. The molecule has 1 nitrogen and oxygen atoms in total. The molecule has 2 N–H and O–H groups in total. The highest BCUT2D eigenvalue weighted by Gasteiger charge is 2.34. The van der Waals surface area contributed by atoms with Crippen LogP contribution in [0.2, 0.25) is 0 Å². The van der Waals surface area contributed by atoms with Gasteiger partial charge in [-0.25, -0.2) is 0 Å². The van der Waals surface area contributed by atoms with Gasteiger partial charge in [-0.1, -0.05) is 13.3 Å². The lowest BCUT2D eigenvalue weighted by Gasteiger charge is -2.39. The van der Waals surface area contributed by atoms with E-state index >= 15 is 0 Å². The van der Waals surface area contributed by atoms with Crippen molar-refractivity contribution in [2.45, 2.75) is 45.4 Å². The summed E-state index contributed by atoms with van der Waals surface area (Å²) in [7, 11) is 0. The van der Waals surface area contributed by atoms with Crippen LogP contribution in [0.25, 0.3) is 0 Å². The van der Waals surface area contributed by atoms with Crippen LogP contribution < -0.4 is 5.73 Å². The van der Waals surface area contributed by atoms with Crippen molar-refractivity contribution in [3.63, 3.8) is 0 Å². The van der Waals surface area contributed by atoms with Crippen LogP contribution in [0.3, 0.4) is 0 Å². The van der Waals surface area contributed by atoms with Gasteiger partial charge < -0.3 is 5.73 Å². The fourth-order valence-corrected chi connectivity index (χ4v) is 4.62. The zero-order valence-electron chi connectivity index (χ0n) is 10.5. The molecule has 0 atom stereocenters. The third-order valence-electron chi connectivity index (χ3n) is 4.35. The Hall–Kier alpha value is 0.140. The Bertz CT molecular complexity index is 353. The molecule has 96 valence electrons. The first-order valence-corrected chi connectivity index (χ1v) is 8.23. The van der Waals surface area contributed by atoms with Gasteiger partial charge in [0, 0.05) is 4.88 Å². The van der Waals surface area contributed by atoms with Crippen molar-refractivity contribution in [1.29, 1.82) is 0 Å². The standard InChI is InChI=1S/C14H22BrNS/c1-2-11-5-7-14(10-16,8-6-11)9-12-3-4-13(15)17-12/h3-4,11H,2,5-10,16H2,1H3. The summed E-state index contributed by atoms with van der Waals surface area (Å²) in [6, 6.07) is 4.40. The van der Waals surface area contributed by atoms with Gasteiger partial charge in [0.1, 0.15) is 0 Å². The van der Waals surface area contributed by atoms with Crippen LogP contribution in [0.5, 0.6) is 0 Å². The van der Waals surface area contributed by atoms with E-state index in [1.807, 2.05) is 11.3 Å². The Morgan fingerprint density at radius 1 is 1.41 bits per heavy atom. The molecule has 0 radical (unpaired) electrons. The quantitative estimate of drug-likeness (QED) is 0.863. The SMILES string of the molecule is CCC1CCC(CN)(Cc2ccc(Br)s2)CC1. The van der Waals surface area contributed by atoms with E-state index in [2.05, 4.69) is 35.0 Å². The number of hydrogen-bond acceptors (Lipinski definition) is 2. The molecule has 1 aromatic rings. The topological polar surface area (TPSA) is 26.0 Å². The second-order valence-electron chi connectivity index (χ2n) is 5.44. The first-order chi connectivity index (χ1) is 8.17. The maximum Gasteiger partial charge on any atom is 0.0701 e. The highest BCUT2D eigenvalue weighted by atomic mass is 79.9. The second kappa shape index (κ2) is 5.85. The molecule has 0 unspecified atom stereocenters. The fourth-order valence-electron chi connectivity index (χ4n) is 2.97. The van der Waals surface area contributed by atoms with E-state index in [-0.39, 0.29) is 0 Å². The predicted molar refractivity (Wildman–Crippen MR) is 79.5 cm³/mol. The van der Waals surface area contributed by atoms with Gasteiger partial charge in [0.15, 0.2) is 0 Å². The van der Waals surface area contributed by atoms with Crippen molar-refractivity contribution in [2.24, 2.45) is 17.1 Å². The summed E-state index contributed by atoms with van der Waals surface area (Å²) in [6.07, 6.45) is 7.90. The van der Waals surface area contributed by atoms with Crippen LogP contribution in [-0.2, 0) is 6.42 Å². The molecule has 1 aliphatic carbocycles. The average Bonchev–Trinajstić information content (AvgIpc) is 2.75. The summed E-state index contributed by atoms with van der Waals surface area (Å²) in [6.45, 7) is 3.16. The highest BCUT2D eigenvalue weighted by molar-refractivity contribution is 9.11. The van der Waals surface area contributed by atoms with Crippen LogP contribution in [0.4, 0.5) is 0 Å². The van der Waals surface area contributed by atoms with E-state index in [4.69, 9.17) is 5.73 Å². The molecule has 1 saturated carbocycles. The Morgan fingerprint density at radius 3 is 2.59 bits per heavy atom. The number of hydrogen-bond donors (Lipinski definition) is 1. The minimum absolute atomic E-state index is 0.385. The Balaban J connectivity index is 2.01. The Morgan fingerprint density at radius 2 is 2.12 bits per heavy atom. The van der Waals surface area contributed by atoms with E-state index < -0.39 is 0 Å². The Kier molecular flexibility index (Phi) is 4.67. The Labute approximate surface area is 117 Å². The zero-order valence-corrected chi connectivity index (χ0v) is 12.9. The van der Waals surface area contributed by atoms with Gasteiger partial charge in [-0.15, -0.1) is 11.3 Å². The van der Waals surface area contributed by atoms with Gasteiger partial charge in [0.25, 0.3) is 0 Å². The molecule has 0 amide bonds. The van der Waals surface area contributed by atoms with E-state index in [1.54, 1.807) is 0 Å². The summed E-state index contributed by atoms with van der Waals surface area (Å²) < 4.78 is 1.24. The van der Waals surface area contributed by atoms with Crippen molar-refractivity contribution in [3.8, 4) is 0 Å². The van der Waals surface area contributed by atoms with Crippen molar-refractivity contribution < 1.29 is 0 Å². The lowest BCUT2D eigenvalue weighted by Crippen LogP contribution is -2.36. The molecule has 0 aromatic carbocycles. The highest BCUT2D eigenvalue weighted by Crippen LogP contribution is 2.42. The van der Waals surface area contributed by atoms with Crippen LogP contribution in [0, 0.1) is 11.3 Å². The molecule has 0 aliphatic heterocycles. The van der Waals surface area contributed by atoms with Gasteiger partial charge >= 0.3 is 0 Å². The molecule has 1 aromatic heterocycles. The van der Waals surface area contributed by atoms with Crippen molar-refractivity contribution in [1.82, 2.24) is 0 Å². The summed E-state index contributed by atoms with van der Waals surface area (Å²) in [5.74, 6) is 0.949. The van der Waals surface area contributed by atoms with Crippen LogP contribution in [0.15, 0.2) is 15.9 Å². The lowest BCUT2D eigenvalue weighted by molar-refractivity contribution is 0.154. The zero-order chi connectivity index (χ0) is 12.3. The fraction of sp³-hybridized carbons (Fsp3) is 0.714. The molecule has 0 spiro atoms. The molecule has 1 fully saturated rings. The van der Waals surface area contributed by atoms with Crippen LogP contribution >= 0.6 is 27.3 Å². The molecule has 0 bridgehead atoms. The second-order valence-corrected chi connectivity index (χ2v) is 7.99. The minimum Gasteiger partial charge on any atom is -0.330 e. The first-order valence-electron chi connectivity index (χ1n) is 6.62. The number of thiophene rings is 1. The van der Waals surface area contributed by atoms with E-state index in [0.717, 1.165) is 12.5 Å². The predicted octanol–water partition coefficient (Wildman–Crippen LogP) is 4.60. The largest absolute Gasteiger partial charge is 0.330 e. The van der Waals surface area contributed by atoms with Crippen molar-refractivity contribution >= 4 is 27.3 Å². The number of rotatable bonds is 4. The van der Waals surface area contributed by atoms with Crippen molar-refractivity contribution in [2.75, 3.05) is 6.54 Å². The number of halogens is 1. The summed E-state index contributed by atoms with van der Waals surface area (Å²) in [5.41, 5.74) is 6.46. The van der Waals surface area contributed by atoms with Gasteiger partial charge in [0.05, 0.1) is 3.79 Å². The summed E-state index contributed by atoms with van der Waals surface area (Å²) >= 11 is 5.41. The first kappa shape index (κ1) is 13.6. The van der Waals surface area contributed by atoms with E-state index in [0.29, 0.717) is 5.41 Å². The van der Waals surface area contributed by atoms with Crippen LogP contribution in [0.1, 0.15) is 43.9 Å². The molecular formula is C14H22BrNS. The lowest BCUT2D eigenvalue weighted by atomic mass is 9.68. The van der Waals surface area contributed by atoms with E-state index in [9.17, 15) is 0 Å². The molecule has 17 heavy (non-hydrogen) atoms. The van der Waals surface area contributed by atoms with Gasteiger partial charge in [-0.05, 0) is 78.0 Å². The molecule has 1 aliphatic rings. The van der Waals surface area contributed by atoms with Crippen molar-refractivity contribution in [3.05, 3.63) is 20.8 Å². The average molecular weight is 316 g/mol. The maximum atomic E-state index is 6.07. The maximum absolute atomic E-state index is 6.07. The van der Waals surface area contributed by atoms with E-state index in [1.165, 1.54) is 47.2 Å². The van der Waals surface area contributed by atoms with Gasteiger partial charge in [-0.3, -0.25) is 0 Å². The molecule has 3 heteroatoms. The third kappa shape index (κ3) is 3.33. The summed E-state index contributed by atoms with van der Waals surface area (Å²) in [5, 5.41) is 0. The summed E-state index contributed by atoms with van der Waals surface area (Å²) in [4.78, 5) is 1.48. The van der Waals surface area contributed by atoms with Gasteiger partial charge in [-0.2, -0.15) is 0 Å². The van der Waals surface area contributed by atoms with Crippen LogP contribution in [-0.4, -0.2) is 6.54 Å².